The van der Waals surface area contributed by atoms with Crippen LogP contribution in [-0.4, -0.2) is 52.5 Å². The molecule has 0 aromatic carbocycles. The van der Waals surface area contributed by atoms with Crippen LogP contribution in [0.3, 0.4) is 0 Å². The first kappa shape index (κ1) is 18.4. The second-order valence-corrected chi connectivity index (χ2v) is 7.01. The minimum Gasteiger partial charge on any atom is -0.377 e. The Morgan fingerprint density at radius 1 is 1.35 bits per heavy atom. The van der Waals surface area contributed by atoms with Gasteiger partial charge in [0.15, 0.2) is 0 Å². The lowest BCUT2D eigenvalue weighted by molar-refractivity contribution is -0.128. The van der Waals surface area contributed by atoms with E-state index in [1.807, 2.05) is 62.2 Å². The summed E-state index contributed by atoms with van der Waals surface area (Å²) in [7, 11) is 6.05. The van der Waals surface area contributed by atoms with Crippen molar-refractivity contribution in [3.63, 3.8) is 0 Å². The fraction of sp³-hybridized carbons (Fsp3) is 0.526. The normalized spacial score (nSPS) is 20.0. The zero-order valence-electron chi connectivity index (χ0n) is 16.0. The molecule has 0 aliphatic carbocycles. The number of rotatable bonds is 7. The zero-order chi connectivity index (χ0) is 18.7. The van der Waals surface area contributed by atoms with Crippen LogP contribution in [0.4, 0.5) is 5.69 Å². The molecule has 7 nitrogen and oxygen atoms in total. The zero-order valence-corrected chi connectivity index (χ0v) is 16.0. The number of aromatic nitrogens is 3. The molecule has 2 atom stereocenters. The summed E-state index contributed by atoms with van der Waals surface area (Å²) in [6.07, 6.45) is 8.01. The van der Waals surface area contributed by atoms with Gasteiger partial charge in [-0.3, -0.25) is 9.78 Å². The SMILES string of the molecule is CCN1C(=O)C[C@@H](CNCc2cnccc2N(C)C)[C@@H]1c1nccn1C. The molecule has 140 valence electrons. The third-order valence-corrected chi connectivity index (χ3v) is 5.08. The van der Waals surface area contributed by atoms with Gasteiger partial charge >= 0.3 is 0 Å². The van der Waals surface area contributed by atoms with Crippen LogP contribution in [0.2, 0.25) is 0 Å². The molecule has 3 heterocycles. The highest BCUT2D eigenvalue weighted by molar-refractivity contribution is 5.79. The highest BCUT2D eigenvalue weighted by Gasteiger charge is 2.41. The van der Waals surface area contributed by atoms with Crippen LogP contribution in [0.1, 0.15) is 30.8 Å². The molecule has 0 spiro atoms. The summed E-state index contributed by atoms with van der Waals surface area (Å²) in [6, 6.07) is 2.05. The van der Waals surface area contributed by atoms with Crippen LogP contribution in [0, 0.1) is 5.92 Å². The summed E-state index contributed by atoms with van der Waals surface area (Å²) < 4.78 is 2.02. The van der Waals surface area contributed by atoms with Gasteiger partial charge in [0.2, 0.25) is 5.91 Å². The van der Waals surface area contributed by atoms with Gasteiger partial charge in [0.1, 0.15) is 5.82 Å². The van der Waals surface area contributed by atoms with E-state index in [0.29, 0.717) is 13.0 Å². The molecule has 1 N–H and O–H groups in total. The van der Waals surface area contributed by atoms with Crippen molar-refractivity contribution in [1.29, 1.82) is 0 Å². The number of nitrogens with one attached hydrogen (secondary N) is 1. The number of carbonyl (C=O) groups is 1. The van der Waals surface area contributed by atoms with E-state index in [1.54, 1.807) is 6.20 Å². The first-order valence-electron chi connectivity index (χ1n) is 9.10. The summed E-state index contributed by atoms with van der Waals surface area (Å²) in [6.45, 7) is 4.23. The van der Waals surface area contributed by atoms with Crippen molar-refractivity contribution in [1.82, 2.24) is 24.8 Å². The maximum absolute atomic E-state index is 12.5. The molecule has 2 aromatic heterocycles. The van der Waals surface area contributed by atoms with Gasteiger partial charge in [-0.1, -0.05) is 0 Å². The summed E-state index contributed by atoms with van der Waals surface area (Å²) in [5, 5.41) is 3.53. The lowest BCUT2D eigenvalue weighted by Gasteiger charge is -2.27. The van der Waals surface area contributed by atoms with E-state index >= 15 is 0 Å². The van der Waals surface area contributed by atoms with Gasteiger partial charge in [-0.2, -0.15) is 0 Å². The maximum Gasteiger partial charge on any atom is 0.223 e. The van der Waals surface area contributed by atoms with E-state index in [0.717, 1.165) is 30.2 Å². The third kappa shape index (κ3) is 3.58. The number of amides is 1. The van der Waals surface area contributed by atoms with E-state index in [-0.39, 0.29) is 17.9 Å². The third-order valence-electron chi connectivity index (χ3n) is 5.08. The minimum absolute atomic E-state index is 0.0298. The van der Waals surface area contributed by atoms with Gasteiger partial charge in [-0.25, -0.2) is 4.98 Å². The largest absolute Gasteiger partial charge is 0.377 e. The molecule has 0 unspecified atom stereocenters. The Kier molecular flexibility index (Phi) is 5.56. The number of hydrogen-bond acceptors (Lipinski definition) is 5. The maximum atomic E-state index is 12.5. The first-order chi connectivity index (χ1) is 12.5. The standard InChI is InChI=1S/C19H28N6O/c1-5-25-17(26)10-14(18(25)19-22-8-9-24(19)4)11-21-13-15-12-20-7-6-16(15)23(2)3/h6-9,12,14,18,21H,5,10-11,13H2,1-4H3/t14-,18+/m0/s1. The van der Waals surface area contributed by atoms with Crippen LogP contribution in [-0.2, 0) is 18.4 Å². The molecule has 0 radical (unpaired) electrons. The molecule has 1 saturated heterocycles. The van der Waals surface area contributed by atoms with Crippen LogP contribution in [0.15, 0.2) is 30.9 Å². The Balaban J connectivity index is 1.71. The molecule has 2 aromatic rings. The Morgan fingerprint density at radius 2 is 2.15 bits per heavy atom. The van der Waals surface area contributed by atoms with Crippen molar-refractivity contribution in [3.05, 3.63) is 42.2 Å². The molecule has 1 amide bonds. The van der Waals surface area contributed by atoms with E-state index in [4.69, 9.17) is 0 Å². The second kappa shape index (κ2) is 7.86. The van der Waals surface area contributed by atoms with Crippen LogP contribution < -0.4 is 10.2 Å². The smallest absolute Gasteiger partial charge is 0.223 e. The summed E-state index contributed by atoms with van der Waals surface area (Å²) in [5.41, 5.74) is 2.31. The monoisotopic (exact) mass is 356 g/mol. The van der Waals surface area contributed by atoms with E-state index in [2.05, 4.69) is 20.2 Å². The van der Waals surface area contributed by atoms with Crippen LogP contribution in [0.25, 0.3) is 0 Å². The van der Waals surface area contributed by atoms with Crippen molar-refractivity contribution >= 4 is 11.6 Å². The summed E-state index contributed by atoms with van der Waals surface area (Å²) in [5.74, 6) is 1.38. The van der Waals surface area contributed by atoms with Gasteiger partial charge < -0.3 is 19.7 Å². The quantitative estimate of drug-likeness (QED) is 0.816. The lowest BCUT2D eigenvalue weighted by Crippen LogP contribution is -2.33. The predicted octanol–water partition coefficient (Wildman–Crippen LogP) is 1.58. The highest BCUT2D eigenvalue weighted by Crippen LogP contribution is 2.36. The van der Waals surface area contributed by atoms with Gasteiger partial charge in [-0.15, -0.1) is 0 Å². The predicted molar refractivity (Wildman–Crippen MR) is 102 cm³/mol. The fourth-order valence-corrected chi connectivity index (χ4v) is 3.82. The molecular weight excluding hydrogens is 328 g/mol. The average molecular weight is 356 g/mol. The van der Waals surface area contributed by atoms with E-state index in [9.17, 15) is 4.79 Å². The second-order valence-electron chi connectivity index (χ2n) is 7.01. The molecule has 1 aliphatic heterocycles. The minimum atomic E-state index is 0.0298. The fourth-order valence-electron chi connectivity index (χ4n) is 3.82. The van der Waals surface area contributed by atoms with Gasteiger partial charge in [0, 0.05) is 89.2 Å². The molecule has 1 fully saturated rings. The Hall–Kier alpha value is -2.41. The van der Waals surface area contributed by atoms with Gasteiger partial charge in [-0.05, 0) is 13.0 Å². The number of nitrogens with zero attached hydrogens (tertiary/aromatic N) is 5. The molecule has 3 rings (SSSR count). The number of aryl methyl sites for hydroxylation is 1. The van der Waals surface area contributed by atoms with Crippen molar-refractivity contribution in [3.8, 4) is 0 Å². The van der Waals surface area contributed by atoms with E-state index < -0.39 is 0 Å². The number of pyridine rings is 1. The van der Waals surface area contributed by atoms with Crippen molar-refractivity contribution in [2.75, 3.05) is 32.1 Å². The Morgan fingerprint density at radius 3 is 2.81 bits per heavy atom. The van der Waals surface area contributed by atoms with Crippen molar-refractivity contribution in [2.45, 2.75) is 25.9 Å². The number of likely N-dealkylation sites (tertiary alicyclic amines) is 1. The van der Waals surface area contributed by atoms with Gasteiger partial charge in [0.05, 0.1) is 6.04 Å². The van der Waals surface area contributed by atoms with Crippen LogP contribution in [0.5, 0.6) is 0 Å². The molecular formula is C19H28N6O. The molecule has 0 bridgehead atoms. The van der Waals surface area contributed by atoms with Crippen molar-refractivity contribution in [2.24, 2.45) is 13.0 Å². The van der Waals surface area contributed by atoms with E-state index in [1.165, 1.54) is 0 Å². The Bertz CT molecular complexity index is 756. The summed E-state index contributed by atoms with van der Waals surface area (Å²) in [4.78, 5) is 25.2. The first-order valence-corrected chi connectivity index (χ1v) is 9.10. The van der Waals surface area contributed by atoms with Crippen LogP contribution >= 0.6 is 0 Å². The molecule has 7 heteroatoms. The Labute approximate surface area is 155 Å². The number of hydrogen-bond donors (Lipinski definition) is 1. The number of imidazole rings is 1. The van der Waals surface area contributed by atoms with Gasteiger partial charge in [0.25, 0.3) is 0 Å². The topological polar surface area (TPSA) is 66.3 Å². The van der Waals surface area contributed by atoms with Crippen molar-refractivity contribution < 1.29 is 4.79 Å². The average Bonchev–Trinajstić information content (AvgIpc) is 3.17. The lowest BCUT2D eigenvalue weighted by atomic mass is 9.99. The number of carbonyl (C=O) groups excluding carboxylic acids is 1. The molecule has 26 heavy (non-hydrogen) atoms. The molecule has 0 saturated carbocycles. The number of anilines is 1. The summed E-state index contributed by atoms with van der Waals surface area (Å²) >= 11 is 0. The molecule has 1 aliphatic rings. The highest BCUT2D eigenvalue weighted by atomic mass is 16.2.